The molecule has 0 amide bonds. The smallest absolute Gasteiger partial charge is 0.139 e. The van der Waals surface area contributed by atoms with Crippen molar-refractivity contribution in [1.82, 2.24) is 9.97 Å². The quantitative estimate of drug-likeness (QED) is 0.732. The number of fused-ring (bicyclic) bond motifs is 1. The summed E-state index contributed by atoms with van der Waals surface area (Å²) < 4.78 is 0. The van der Waals surface area contributed by atoms with E-state index in [1.807, 2.05) is 24.4 Å². The van der Waals surface area contributed by atoms with Gasteiger partial charge in [0.15, 0.2) is 0 Å². The molecule has 0 aliphatic rings. The Balaban J connectivity index is 1.82. The summed E-state index contributed by atoms with van der Waals surface area (Å²) in [5.41, 5.74) is 3.42. The van der Waals surface area contributed by atoms with Gasteiger partial charge in [-0.2, -0.15) is 0 Å². The standard InChI is InChI=1S/C15H15N3/c1-11-9-14(18-15-13(11)7-8-16-15)17-10-12-5-3-2-4-6-12/h2-9H,10H2,1H3,(H2,16,17,18). The molecule has 1 aromatic carbocycles. The first-order valence-corrected chi connectivity index (χ1v) is 6.05. The van der Waals surface area contributed by atoms with Crippen LogP contribution >= 0.6 is 0 Å². The molecule has 0 atom stereocenters. The van der Waals surface area contributed by atoms with E-state index in [-0.39, 0.29) is 0 Å². The van der Waals surface area contributed by atoms with E-state index in [0.29, 0.717) is 0 Å². The van der Waals surface area contributed by atoms with E-state index in [1.54, 1.807) is 0 Å². The number of hydrogen-bond acceptors (Lipinski definition) is 2. The van der Waals surface area contributed by atoms with E-state index >= 15 is 0 Å². The molecule has 2 heterocycles. The molecule has 18 heavy (non-hydrogen) atoms. The Morgan fingerprint density at radius 3 is 2.83 bits per heavy atom. The van der Waals surface area contributed by atoms with Gasteiger partial charge in [0.25, 0.3) is 0 Å². The van der Waals surface area contributed by atoms with Crippen LogP contribution in [0.2, 0.25) is 0 Å². The van der Waals surface area contributed by atoms with Crippen molar-refractivity contribution in [3.8, 4) is 0 Å². The second-order valence-electron chi connectivity index (χ2n) is 4.40. The number of benzene rings is 1. The van der Waals surface area contributed by atoms with E-state index < -0.39 is 0 Å². The molecule has 2 aromatic heterocycles. The second-order valence-corrected chi connectivity index (χ2v) is 4.40. The van der Waals surface area contributed by atoms with Crippen LogP contribution in [0.1, 0.15) is 11.1 Å². The summed E-state index contributed by atoms with van der Waals surface area (Å²) >= 11 is 0. The first-order valence-electron chi connectivity index (χ1n) is 6.05. The number of hydrogen-bond donors (Lipinski definition) is 2. The lowest BCUT2D eigenvalue weighted by molar-refractivity contribution is 1.11. The second kappa shape index (κ2) is 4.53. The maximum atomic E-state index is 4.54. The van der Waals surface area contributed by atoms with Gasteiger partial charge in [0.05, 0.1) is 0 Å². The predicted octanol–water partition coefficient (Wildman–Crippen LogP) is 3.48. The van der Waals surface area contributed by atoms with E-state index in [9.17, 15) is 0 Å². The molecule has 0 spiro atoms. The Bertz CT molecular complexity index is 656. The van der Waals surface area contributed by atoms with Gasteiger partial charge in [-0.05, 0) is 30.2 Å². The molecule has 3 rings (SSSR count). The molecule has 2 N–H and O–H groups in total. The lowest BCUT2D eigenvalue weighted by Crippen LogP contribution is -2.01. The topological polar surface area (TPSA) is 40.7 Å². The summed E-state index contributed by atoms with van der Waals surface area (Å²) in [6, 6.07) is 14.5. The minimum Gasteiger partial charge on any atom is -0.366 e. The molecule has 3 nitrogen and oxygen atoms in total. The summed E-state index contributed by atoms with van der Waals surface area (Å²) in [6.07, 6.45) is 1.92. The van der Waals surface area contributed by atoms with E-state index in [4.69, 9.17) is 0 Å². The minimum absolute atomic E-state index is 0.791. The van der Waals surface area contributed by atoms with Crippen LogP contribution in [-0.2, 0) is 6.54 Å². The van der Waals surface area contributed by atoms with Gasteiger partial charge in [0, 0.05) is 18.1 Å². The van der Waals surface area contributed by atoms with E-state index in [2.05, 4.69) is 46.5 Å². The van der Waals surface area contributed by atoms with Gasteiger partial charge in [-0.15, -0.1) is 0 Å². The highest BCUT2D eigenvalue weighted by Gasteiger charge is 2.03. The predicted molar refractivity (Wildman–Crippen MR) is 74.6 cm³/mol. The number of nitrogens with zero attached hydrogens (tertiary/aromatic N) is 1. The van der Waals surface area contributed by atoms with Crippen molar-refractivity contribution in [2.75, 3.05) is 5.32 Å². The molecule has 0 saturated heterocycles. The number of rotatable bonds is 3. The SMILES string of the molecule is Cc1cc(NCc2ccccc2)nc2[nH]ccc12. The Labute approximate surface area is 106 Å². The highest BCUT2D eigenvalue weighted by molar-refractivity contribution is 5.81. The van der Waals surface area contributed by atoms with Gasteiger partial charge in [0.2, 0.25) is 0 Å². The van der Waals surface area contributed by atoms with Gasteiger partial charge >= 0.3 is 0 Å². The highest BCUT2D eigenvalue weighted by atomic mass is 15.0. The van der Waals surface area contributed by atoms with Gasteiger partial charge in [-0.25, -0.2) is 4.98 Å². The molecule has 0 aliphatic heterocycles. The number of pyridine rings is 1. The molecule has 0 bridgehead atoms. The zero-order valence-electron chi connectivity index (χ0n) is 10.3. The van der Waals surface area contributed by atoms with Crippen molar-refractivity contribution in [2.45, 2.75) is 13.5 Å². The average molecular weight is 237 g/mol. The Morgan fingerprint density at radius 2 is 2.00 bits per heavy atom. The van der Waals surface area contributed by atoms with Gasteiger partial charge < -0.3 is 10.3 Å². The zero-order chi connectivity index (χ0) is 12.4. The van der Waals surface area contributed by atoms with Crippen molar-refractivity contribution in [2.24, 2.45) is 0 Å². The summed E-state index contributed by atoms with van der Waals surface area (Å²) in [4.78, 5) is 7.69. The first kappa shape index (κ1) is 10.8. The van der Waals surface area contributed by atoms with Crippen LogP contribution in [-0.4, -0.2) is 9.97 Å². The van der Waals surface area contributed by atoms with Crippen molar-refractivity contribution < 1.29 is 0 Å². The number of nitrogens with one attached hydrogen (secondary N) is 2. The first-order chi connectivity index (χ1) is 8.83. The van der Waals surface area contributed by atoms with Crippen molar-refractivity contribution in [3.63, 3.8) is 0 Å². The number of aryl methyl sites for hydroxylation is 1. The molecule has 0 fully saturated rings. The van der Waals surface area contributed by atoms with Crippen LogP contribution in [0.25, 0.3) is 11.0 Å². The maximum Gasteiger partial charge on any atom is 0.139 e. The number of aromatic amines is 1. The molecule has 90 valence electrons. The zero-order valence-corrected chi connectivity index (χ0v) is 10.3. The van der Waals surface area contributed by atoms with Gasteiger partial charge in [-0.1, -0.05) is 30.3 Å². The van der Waals surface area contributed by atoms with Crippen molar-refractivity contribution in [1.29, 1.82) is 0 Å². The minimum atomic E-state index is 0.791. The normalized spacial score (nSPS) is 10.7. The number of anilines is 1. The van der Waals surface area contributed by atoms with Crippen LogP contribution in [0, 0.1) is 6.92 Å². The molecule has 0 radical (unpaired) electrons. The molecule has 0 aliphatic carbocycles. The van der Waals surface area contributed by atoms with Gasteiger partial charge in [-0.3, -0.25) is 0 Å². The van der Waals surface area contributed by atoms with Crippen LogP contribution in [0.4, 0.5) is 5.82 Å². The van der Waals surface area contributed by atoms with E-state index in [1.165, 1.54) is 16.5 Å². The maximum absolute atomic E-state index is 4.54. The molecular formula is C15H15N3. The summed E-state index contributed by atoms with van der Waals surface area (Å²) in [5.74, 6) is 0.909. The lowest BCUT2D eigenvalue weighted by Gasteiger charge is -2.07. The van der Waals surface area contributed by atoms with E-state index in [0.717, 1.165) is 18.0 Å². The number of H-pyrrole nitrogens is 1. The van der Waals surface area contributed by atoms with Crippen LogP contribution < -0.4 is 5.32 Å². The van der Waals surface area contributed by atoms with Crippen molar-refractivity contribution in [3.05, 3.63) is 59.8 Å². The van der Waals surface area contributed by atoms with Gasteiger partial charge in [0.1, 0.15) is 11.5 Å². The Kier molecular flexibility index (Phi) is 2.73. The van der Waals surface area contributed by atoms with Crippen LogP contribution in [0.15, 0.2) is 48.7 Å². The molecular weight excluding hydrogens is 222 g/mol. The summed E-state index contributed by atoms with van der Waals surface area (Å²) in [6.45, 7) is 2.89. The Morgan fingerprint density at radius 1 is 1.17 bits per heavy atom. The fourth-order valence-corrected chi connectivity index (χ4v) is 2.09. The monoisotopic (exact) mass is 237 g/mol. The fourth-order valence-electron chi connectivity index (χ4n) is 2.09. The highest BCUT2D eigenvalue weighted by Crippen LogP contribution is 2.19. The average Bonchev–Trinajstić information content (AvgIpc) is 2.86. The summed E-state index contributed by atoms with van der Waals surface area (Å²) in [7, 11) is 0. The largest absolute Gasteiger partial charge is 0.366 e. The third kappa shape index (κ3) is 2.07. The third-order valence-electron chi connectivity index (χ3n) is 3.05. The molecule has 3 aromatic rings. The summed E-state index contributed by atoms with van der Waals surface area (Å²) in [5, 5.41) is 4.53. The third-order valence-corrected chi connectivity index (χ3v) is 3.05. The Hall–Kier alpha value is -2.29. The van der Waals surface area contributed by atoms with Crippen molar-refractivity contribution >= 4 is 16.9 Å². The number of aromatic nitrogens is 2. The fraction of sp³-hybridized carbons (Fsp3) is 0.133. The van der Waals surface area contributed by atoms with Crippen LogP contribution in [0.5, 0.6) is 0 Å². The van der Waals surface area contributed by atoms with Crippen LogP contribution in [0.3, 0.4) is 0 Å². The molecule has 0 unspecified atom stereocenters. The molecule has 0 saturated carbocycles. The molecule has 3 heteroatoms. The lowest BCUT2D eigenvalue weighted by atomic mass is 10.2.